The summed E-state index contributed by atoms with van der Waals surface area (Å²) in [5.74, 6) is -0.982. The summed E-state index contributed by atoms with van der Waals surface area (Å²) in [6.07, 6.45) is 1.16. The maximum atomic E-state index is 13.6. The zero-order valence-electron chi connectivity index (χ0n) is 13.5. The Labute approximate surface area is 146 Å². The van der Waals surface area contributed by atoms with E-state index in [1.807, 2.05) is 6.07 Å². The predicted molar refractivity (Wildman–Crippen MR) is 89.6 cm³/mol. The Kier molecular flexibility index (Phi) is 4.49. The molecule has 0 aliphatic rings. The van der Waals surface area contributed by atoms with E-state index in [1.54, 1.807) is 0 Å². The molecule has 0 aliphatic heterocycles. The summed E-state index contributed by atoms with van der Waals surface area (Å²) in [7, 11) is 1.46. The predicted octanol–water partition coefficient (Wildman–Crippen LogP) is 1.50. The Bertz CT molecular complexity index is 1100. The number of carbonyl (C=O) groups is 1. The summed E-state index contributed by atoms with van der Waals surface area (Å²) >= 11 is 0. The third-order valence-corrected chi connectivity index (χ3v) is 3.42. The van der Waals surface area contributed by atoms with E-state index in [2.05, 4.69) is 20.4 Å². The number of hydrogen-bond acceptors (Lipinski definition) is 6. The lowest BCUT2D eigenvalue weighted by molar-refractivity contribution is 0.102. The summed E-state index contributed by atoms with van der Waals surface area (Å²) in [4.78, 5) is 31.6. The van der Waals surface area contributed by atoms with Gasteiger partial charge in [0.05, 0.1) is 17.3 Å². The van der Waals surface area contributed by atoms with Crippen LogP contribution in [0.1, 0.15) is 16.1 Å². The normalized spacial score (nSPS) is 10.2. The zero-order valence-corrected chi connectivity index (χ0v) is 13.5. The summed E-state index contributed by atoms with van der Waals surface area (Å²) in [6.45, 7) is 0. The maximum absolute atomic E-state index is 13.6. The molecule has 128 valence electrons. The van der Waals surface area contributed by atoms with Crippen LogP contribution in [-0.4, -0.2) is 25.7 Å². The van der Waals surface area contributed by atoms with Crippen molar-refractivity contribution in [1.29, 1.82) is 5.26 Å². The highest BCUT2D eigenvalue weighted by atomic mass is 19.1. The second-order valence-electron chi connectivity index (χ2n) is 5.26. The molecule has 0 saturated heterocycles. The van der Waals surface area contributed by atoms with Gasteiger partial charge in [-0.3, -0.25) is 9.59 Å². The van der Waals surface area contributed by atoms with Crippen molar-refractivity contribution in [2.75, 3.05) is 5.32 Å². The number of halogens is 1. The van der Waals surface area contributed by atoms with Crippen LogP contribution in [0.25, 0.3) is 11.3 Å². The molecule has 2 aromatic heterocycles. The number of aryl methyl sites for hydroxylation is 1. The van der Waals surface area contributed by atoms with Crippen LogP contribution in [0.2, 0.25) is 0 Å². The highest BCUT2D eigenvalue weighted by Crippen LogP contribution is 2.20. The average Bonchev–Trinajstić information content (AvgIpc) is 2.64. The van der Waals surface area contributed by atoms with Gasteiger partial charge in [-0.2, -0.15) is 10.4 Å². The van der Waals surface area contributed by atoms with Crippen LogP contribution in [0.15, 0.2) is 47.5 Å². The fraction of sp³-hybridized carbons (Fsp3) is 0.0588. The van der Waals surface area contributed by atoms with E-state index in [4.69, 9.17) is 5.26 Å². The van der Waals surface area contributed by atoms with E-state index in [0.29, 0.717) is 5.56 Å². The second kappa shape index (κ2) is 6.90. The molecule has 2 heterocycles. The van der Waals surface area contributed by atoms with E-state index in [1.165, 1.54) is 37.4 Å². The van der Waals surface area contributed by atoms with Gasteiger partial charge in [0.25, 0.3) is 11.5 Å². The lowest BCUT2D eigenvalue weighted by Gasteiger charge is -2.06. The Morgan fingerprint density at radius 2 is 2.04 bits per heavy atom. The lowest BCUT2D eigenvalue weighted by atomic mass is 10.1. The Hall–Kier alpha value is -3.93. The number of benzene rings is 1. The molecular weight excluding hydrogens is 339 g/mol. The fourth-order valence-electron chi connectivity index (χ4n) is 2.19. The first kappa shape index (κ1) is 16.9. The third kappa shape index (κ3) is 3.59. The van der Waals surface area contributed by atoms with Crippen molar-refractivity contribution in [3.05, 3.63) is 70.2 Å². The fourth-order valence-corrected chi connectivity index (χ4v) is 2.19. The molecule has 0 atom stereocenters. The lowest BCUT2D eigenvalue weighted by Crippen LogP contribution is -2.22. The van der Waals surface area contributed by atoms with Crippen LogP contribution < -0.4 is 10.9 Å². The van der Waals surface area contributed by atoms with Gasteiger partial charge in [0.15, 0.2) is 5.82 Å². The molecular formula is C17H11FN6O2. The van der Waals surface area contributed by atoms with Gasteiger partial charge in [-0.15, -0.1) is 0 Å². The number of carbonyl (C=O) groups excluding carboxylic acids is 1. The highest BCUT2D eigenvalue weighted by molar-refractivity contribution is 6.02. The molecule has 26 heavy (non-hydrogen) atoms. The molecule has 0 saturated carbocycles. The standard InChI is InChI=1S/C17H11FN6O2/c1-24-16(25)3-2-15(23-24)22-17(26)14-7-13(20-9-21-14)11-4-10(8-19)5-12(18)6-11/h2-7,9H,1H3,(H,22,23,26). The average molecular weight is 350 g/mol. The minimum Gasteiger partial charge on any atom is -0.304 e. The van der Waals surface area contributed by atoms with E-state index in [-0.39, 0.29) is 28.3 Å². The number of nitriles is 1. The molecule has 0 aliphatic carbocycles. The minimum atomic E-state index is -0.585. The van der Waals surface area contributed by atoms with E-state index < -0.39 is 11.7 Å². The topological polar surface area (TPSA) is 114 Å². The van der Waals surface area contributed by atoms with E-state index in [0.717, 1.165) is 17.1 Å². The zero-order chi connectivity index (χ0) is 18.7. The van der Waals surface area contributed by atoms with Gasteiger partial charge in [-0.25, -0.2) is 19.0 Å². The number of hydrogen-bond donors (Lipinski definition) is 1. The quantitative estimate of drug-likeness (QED) is 0.766. The Balaban J connectivity index is 1.90. The number of amides is 1. The van der Waals surface area contributed by atoms with Gasteiger partial charge < -0.3 is 5.32 Å². The van der Waals surface area contributed by atoms with Gasteiger partial charge in [0.2, 0.25) is 0 Å². The van der Waals surface area contributed by atoms with Crippen LogP contribution in [0.3, 0.4) is 0 Å². The van der Waals surface area contributed by atoms with Gasteiger partial charge in [-0.05, 0) is 30.3 Å². The minimum absolute atomic E-state index is 0.0217. The van der Waals surface area contributed by atoms with Crippen LogP contribution >= 0.6 is 0 Å². The number of nitrogens with one attached hydrogen (secondary N) is 1. The van der Waals surface area contributed by atoms with Gasteiger partial charge in [-0.1, -0.05) is 0 Å². The van der Waals surface area contributed by atoms with Crippen molar-refractivity contribution in [3.8, 4) is 17.3 Å². The van der Waals surface area contributed by atoms with Crippen LogP contribution in [0.4, 0.5) is 10.2 Å². The summed E-state index contributed by atoms with van der Waals surface area (Å²) in [5, 5.41) is 15.3. The molecule has 1 N–H and O–H groups in total. The van der Waals surface area contributed by atoms with Crippen molar-refractivity contribution >= 4 is 11.7 Å². The molecule has 1 amide bonds. The maximum Gasteiger partial charge on any atom is 0.275 e. The molecule has 0 unspecified atom stereocenters. The summed E-state index contributed by atoms with van der Waals surface area (Å²) in [5.41, 5.74) is 0.479. The Morgan fingerprint density at radius 3 is 2.77 bits per heavy atom. The number of rotatable bonds is 3. The van der Waals surface area contributed by atoms with Crippen LogP contribution in [0.5, 0.6) is 0 Å². The molecule has 3 aromatic rings. The number of aromatic nitrogens is 4. The van der Waals surface area contributed by atoms with Gasteiger partial charge in [0.1, 0.15) is 17.8 Å². The largest absolute Gasteiger partial charge is 0.304 e. The van der Waals surface area contributed by atoms with E-state index >= 15 is 0 Å². The monoisotopic (exact) mass is 350 g/mol. The number of nitrogens with zero attached hydrogens (tertiary/aromatic N) is 5. The first-order valence-corrected chi connectivity index (χ1v) is 7.35. The van der Waals surface area contributed by atoms with Crippen molar-refractivity contribution in [3.63, 3.8) is 0 Å². The SMILES string of the molecule is Cn1nc(NC(=O)c2cc(-c3cc(F)cc(C#N)c3)ncn2)ccc1=O. The smallest absolute Gasteiger partial charge is 0.275 e. The molecule has 3 rings (SSSR count). The first-order chi connectivity index (χ1) is 12.5. The van der Waals surface area contributed by atoms with Gasteiger partial charge in [0, 0.05) is 18.7 Å². The molecule has 0 fully saturated rings. The van der Waals surface area contributed by atoms with Crippen LogP contribution in [0, 0.1) is 17.1 Å². The number of anilines is 1. The van der Waals surface area contributed by atoms with Crippen molar-refractivity contribution < 1.29 is 9.18 Å². The first-order valence-electron chi connectivity index (χ1n) is 7.35. The summed E-state index contributed by atoms with van der Waals surface area (Å²) < 4.78 is 14.7. The molecule has 0 spiro atoms. The third-order valence-electron chi connectivity index (χ3n) is 3.42. The van der Waals surface area contributed by atoms with Crippen molar-refractivity contribution in [2.45, 2.75) is 0 Å². The van der Waals surface area contributed by atoms with Gasteiger partial charge >= 0.3 is 0 Å². The molecule has 8 nitrogen and oxygen atoms in total. The van der Waals surface area contributed by atoms with Crippen molar-refractivity contribution in [1.82, 2.24) is 19.7 Å². The highest BCUT2D eigenvalue weighted by Gasteiger charge is 2.12. The summed E-state index contributed by atoms with van der Waals surface area (Å²) in [6, 6.07) is 9.63. The van der Waals surface area contributed by atoms with Crippen LogP contribution in [-0.2, 0) is 7.05 Å². The van der Waals surface area contributed by atoms with E-state index in [9.17, 15) is 14.0 Å². The molecule has 1 aromatic carbocycles. The Morgan fingerprint density at radius 1 is 1.23 bits per heavy atom. The molecule has 0 radical (unpaired) electrons. The second-order valence-corrected chi connectivity index (χ2v) is 5.26. The van der Waals surface area contributed by atoms with Crippen molar-refractivity contribution in [2.24, 2.45) is 7.05 Å². The molecule has 0 bridgehead atoms. The molecule has 9 heteroatoms.